The Hall–Kier alpha value is -2.33. The Labute approximate surface area is 182 Å². The predicted molar refractivity (Wildman–Crippen MR) is 124 cm³/mol. The zero-order valence-corrected chi connectivity index (χ0v) is 18.4. The van der Waals surface area contributed by atoms with Crippen molar-refractivity contribution in [1.82, 2.24) is 9.55 Å². The van der Waals surface area contributed by atoms with Crippen molar-refractivity contribution >= 4 is 11.8 Å². The summed E-state index contributed by atoms with van der Waals surface area (Å²) in [6.07, 6.45) is 6.59. The van der Waals surface area contributed by atoms with Gasteiger partial charge in [-0.1, -0.05) is 79.2 Å². The molecule has 0 bridgehead atoms. The fourth-order valence-electron chi connectivity index (χ4n) is 5.34. The van der Waals surface area contributed by atoms with E-state index in [1.54, 1.807) is 11.8 Å². The van der Waals surface area contributed by atoms with E-state index in [9.17, 15) is 4.79 Å². The molecular weight excluding hydrogens is 388 g/mol. The van der Waals surface area contributed by atoms with Crippen LogP contribution in [0.4, 0.5) is 0 Å². The molecule has 0 aliphatic heterocycles. The molecule has 2 aliphatic rings. The summed E-state index contributed by atoms with van der Waals surface area (Å²) < 4.78 is 1.92. The van der Waals surface area contributed by atoms with E-state index in [0.29, 0.717) is 6.54 Å². The van der Waals surface area contributed by atoms with E-state index in [1.807, 2.05) is 10.6 Å². The average Bonchev–Trinajstić information content (AvgIpc) is 3.23. The molecule has 30 heavy (non-hydrogen) atoms. The third kappa shape index (κ3) is 3.31. The fourth-order valence-corrected chi connectivity index (χ4v) is 6.38. The number of fused-ring (bicyclic) bond motifs is 4. The van der Waals surface area contributed by atoms with Gasteiger partial charge < -0.3 is 0 Å². The van der Waals surface area contributed by atoms with Crippen LogP contribution in [0.1, 0.15) is 49.3 Å². The Morgan fingerprint density at radius 3 is 2.53 bits per heavy atom. The minimum Gasteiger partial charge on any atom is -0.288 e. The highest BCUT2D eigenvalue weighted by atomic mass is 32.2. The lowest BCUT2D eigenvalue weighted by Gasteiger charge is -2.36. The molecule has 1 fully saturated rings. The van der Waals surface area contributed by atoms with Crippen LogP contribution in [0, 0.1) is 0 Å². The summed E-state index contributed by atoms with van der Waals surface area (Å²) in [6, 6.07) is 19.1. The highest BCUT2D eigenvalue weighted by molar-refractivity contribution is 7.99. The molecule has 4 heteroatoms. The molecular formula is C26H28N2OS. The van der Waals surface area contributed by atoms with Crippen molar-refractivity contribution in [1.29, 1.82) is 0 Å². The number of hydrogen-bond acceptors (Lipinski definition) is 3. The Bertz CT molecular complexity index is 1110. The number of nitrogens with zero attached hydrogens (tertiary/aromatic N) is 2. The summed E-state index contributed by atoms with van der Waals surface area (Å²) in [5.74, 6) is 0.919. The summed E-state index contributed by atoms with van der Waals surface area (Å²) in [4.78, 5) is 18.9. The lowest BCUT2D eigenvalue weighted by molar-refractivity contribution is 0.416. The van der Waals surface area contributed by atoms with Crippen LogP contribution in [-0.4, -0.2) is 15.3 Å². The van der Waals surface area contributed by atoms with E-state index in [1.165, 1.54) is 24.0 Å². The van der Waals surface area contributed by atoms with Crippen LogP contribution in [0.3, 0.4) is 0 Å². The Balaban J connectivity index is 1.58. The SMILES string of the molecule is CCn1c(SCCc2ccccc2)nc2c(c1=O)C1(CCCC1)Cc1ccccc1-2. The van der Waals surface area contributed by atoms with Gasteiger partial charge in [0.2, 0.25) is 0 Å². The minimum atomic E-state index is -0.0159. The number of rotatable bonds is 5. The van der Waals surface area contributed by atoms with Gasteiger partial charge in [-0.05, 0) is 43.7 Å². The zero-order chi connectivity index (χ0) is 20.6. The van der Waals surface area contributed by atoms with Crippen molar-refractivity contribution in [3.8, 4) is 11.3 Å². The second-order valence-electron chi connectivity index (χ2n) is 8.57. The van der Waals surface area contributed by atoms with E-state index < -0.39 is 0 Å². The average molecular weight is 417 g/mol. The first kappa shape index (κ1) is 19.6. The van der Waals surface area contributed by atoms with E-state index in [4.69, 9.17) is 4.98 Å². The van der Waals surface area contributed by atoms with Gasteiger partial charge in [-0.3, -0.25) is 9.36 Å². The van der Waals surface area contributed by atoms with Crippen LogP contribution in [-0.2, 0) is 24.8 Å². The third-order valence-corrected chi connectivity index (χ3v) is 7.79. The lowest BCUT2D eigenvalue weighted by Crippen LogP contribution is -2.40. The van der Waals surface area contributed by atoms with Crippen molar-refractivity contribution < 1.29 is 0 Å². The summed E-state index contributed by atoms with van der Waals surface area (Å²) in [6.45, 7) is 2.74. The third-order valence-electron chi connectivity index (χ3n) is 6.81. The summed E-state index contributed by atoms with van der Waals surface area (Å²) in [5.41, 5.74) is 5.97. The molecule has 2 aliphatic carbocycles. The maximum atomic E-state index is 13.8. The molecule has 5 rings (SSSR count). The topological polar surface area (TPSA) is 34.9 Å². The van der Waals surface area contributed by atoms with Gasteiger partial charge in [0, 0.05) is 23.3 Å². The maximum absolute atomic E-state index is 13.8. The summed E-state index contributed by atoms with van der Waals surface area (Å²) in [7, 11) is 0. The molecule has 3 nitrogen and oxygen atoms in total. The number of benzene rings is 2. The standard InChI is InChI=1S/C26H28N2OS/c1-2-28-24(29)22-23(27-25(28)30-17-14-19-10-4-3-5-11-19)21-13-7-6-12-20(21)18-26(22)15-8-9-16-26/h3-7,10-13H,2,8-9,14-18H2,1H3. The Kier molecular flexibility index (Phi) is 5.28. The van der Waals surface area contributed by atoms with Crippen molar-refractivity contribution in [3.63, 3.8) is 0 Å². The molecule has 0 unspecified atom stereocenters. The van der Waals surface area contributed by atoms with Crippen LogP contribution >= 0.6 is 11.8 Å². The van der Waals surface area contributed by atoms with Gasteiger partial charge in [-0.25, -0.2) is 4.98 Å². The second-order valence-corrected chi connectivity index (χ2v) is 9.63. The zero-order valence-electron chi connectivity index (χ0n) is 17.6. The molecule has 0 radical (unpaired) electrons. The molecule has 1 spiro atoms. The molecule has 3 aromatic rings. The molecule has 0 saturated heterocycles. The molecule has 2 aromatic carbocycles. The largest absolute Gasteiger partial charge is 0.288 e. The van der Waals surface area contributed by atoms with Crippen LogP contribution in [0.5, 0.6) is 0 Å². The molecule has 0 amide bonds. The normalized spacial score (nSPS) is 16.4. The fraction of sp³-hybridized carbons (Fsp3) is 0.385. The monoisotopic (exact) mass is 416 g/mol. The lowest BCUT2D eigenvalue weighted by atomic mass is 9.68. The van der Waals surface area contributed by atoms with Crippen LogP contribution in [0.2, 0.25) is 0 Å². The number of thioether (sulfide) groups is 1. The van der Waals surface area contributed by atoms with Crippen LogP contribution in [0.15, 0.2) is 64.5 Å². The minimum absolute atomic E-state index is 0.0159. The first-order valence-corrected chi connectivity index (χ1v) is 12.1. The van der Waals surface area contributed by atoms with Crippen molar-refractivity contribution in [2.75, 3.05) is 5.75 Å². The Morgan fingerprint density at radius 1 is 1.03 bits per heavy atom. The van der Waals surface area contributed by atoms with Gasteiger partial charge in [0.25, 0.3) is 5.56 Å². The van der Waals surface area contributed by atoms with Gasteiger partial charge in [0.05, 0.1) is 11.3 Å². The van der Waals surface area contributed by atoms with Gasteiger partial charge >= 0.3 is 0 Å². The predicted octanol–water partition coefficient (Wildman–Crippen LogP) is 5.63. The van der Waals surface area contributed by atoms with E-state index in [0.717, 1.165) is 53.4 Å². The summed E-state index contributed by atoms with van der Waals surface area (Å²) >= 11 is 1.71. The molecule has 1 saturated carbocycles. The van der Waals surface area contributed by atoms with Crippen LogP contribution in [0.25, 0.3) is 11.3 Å². The number of aromatic nitrogens is 2. The quantitative estimate of drug-likeness (QED) is 0.399. The van der Waals surface area contributed by atoms with Crippen LogP contribution < -0.4 is 5.56 Å². The second kappa shape index (κ2) is 8.07. The highest BCUT2D eigenvalue weighted by Gasteiger charge is 2.44. The first-order chi connectivity index (χ1) is 14.7. The van der Waals surface area contributed by atoms with Crippen molar-refractivity contribution in [2.45, 2.75) is 62.6 Å². The first-order valence-electron chi connectivity index (χ1n) is 11.1. The molecule has 1 aromatic heterocycles. The van der Waals surface area contributed by atoms with Gasteiger partial charge in [-0.2, -0.15) is 0 Å². The molecule has 154 valence electrons. The van der Waals surface area contributed by atoms with Gasteiger partial charge in [-0.15, -0.1) is 0 Å². The highest BCUT2D eigenvalue weighted by Crippen LogP contribution is 2.49. The van der Waals surface area contributed by atoms with E-state index in [2.05, 4.69) is 55.5 Å². The molecule has 1 heterocycles. The molecule has 0 N–H and O–H groups in total. The van der Waals surface area contributed by atoms with Crippen molar-refractivity contribution in [2.24, 2.45) is 0 Å². The molecule has 0 atom stereocenters. The van der Waals surface area contributed by atoms with Gasteiger partial charge in [0.15, 0.2) is 5.16 Å². The van der Waals surface area contributed by atoms with Gasteiger partial charge in [0.1, 0.15) is 0 Å². The summed E-state index contributed by atoms with van der Waals surface area (Å²) in [5, 5.41) is 0.863. The maximum Gasteiger partial charge on any atom is 0.258 e. The number of hydrogen-bond donors (Lipinski definition) is 0. The van der Waals surface area contributed by atoms with Crippen molar-refractivity contribution in [3.05, 3.63) is 81.6 Å². The van der Waals surface area contributed by atoms with E-state index in [-0.39, 0.29) is 11.0 Å². The number of aryl methyl sites for hydroxylation is 1. The smallest absolute Gasteiger partial charge is 0.258 e. The Morgan fingerprint density at radius 2 is 1.77 bits per heavy atom. The van der Waals surface area contributed by atoms with E-state index >= 15 is 0 Å².